The van der Waals surface area contributed by atoms with E-state index in [0.29, 0.717) is 22.8 Å². The molecule has 0 unspecified atom stereocenters. The first kappa shape index (κ1) is 13.1. The van der Waals surface area contributed by atoms with Crippen LogP contribution in [0.2, 0.25) is 0 Å². The van der Waals surface area contributed by atoms with Crippen molar-refractivity contribution in [1.29, 1.82) is 0 Å². The molecule has 4 aromatic heterocycles. The molecule has 0 saturated carbocycles. The number of carbonyl (C=O) groups excluding carboxylic acids is 1. The number of amides is 1. The van der Waals surface area contributed by atoms with E-state index in [9.17, 15) is 4.79 Å². The summed E-state index contributed by atoms with van der Waals surface area (Å²) in [6.45, 7) is 0. The van der Waals surface area contributed by atoms with Gasteiger partial charge in [-0.15, -0.1) is 5.10 Å². The van der Waals surface area contributed by atoms with Crippen molar-refractivity contribution in [2.75, 3.05) is 5.32 Å². The maximum Gasteiger partial charge on any atom is 0.258 e. The smallest absolute Gasteiger partial charge is 0.258 e. The fraction of sp³-hybridized carbons (Fsp3) is 0. The van der Waals surface area contributed by atoms with E-state index in [0.717, 1.165) is 0 Å². The molecule has 0 radical (unpaired) electrons. The van der Waals surface area contributed by atoms with Crippen LogP contribution in [0.25, 0.3) is 11.5 Å². The van der Waals surface area contributed by atoms with Gasteiger partial charge in [-0.25, -0.2) is 14.5 Å². The SMILES string of the molecule is O=C(Nc1cn2nc(-n3ccnc3)ccc2n1)c1cccnc1. The van der Waals surface area contributed by atoms with E-state index in [4.69, 9.17) is 0 Å². The van der Waals surface area contributed by atoms with Gasteiger partial charge in [0.25, 0.3) is 5.91 Å². The number of pyridine rings is 1. The van der Waals surface area contributed by atoms with E-state index in [2.05, 4.69) is 25.4 Å². The summed E-state index contributed by atoms with van der Waals surface area (Å²) in [4.78, 5) is 24.3. The van der Waals surface area contributed by atoms with Gasteiger partial charge in [0, 0.05) is 24.8 Å². The quantitative estimate of drug-likeness (QED) is 0.620. The second kappa shape index (κ2) is 5.34. The summed E-state index contributed by atoms with van der Waals surface area (Å²) in [5, 5.41) is 7.16. The Bertz CT molecular complexity index is 960. The average Bonchev–Trinajstić information content (AvgIpc) is 3.24. The fourth-order valence-electron chi connectivity index (χ4n) is 2.15. The molecule has 8 heteroatoms. The Morgan fingerprint density at radius 1 is 1.13 bits per heavy atom. The van der Waals surface area contributed by atoms with Gasteiger partial charge in [-0.2, -0.15) is 0 Å². The first-order valence-electron chi connectivity index (χ1n) is 6.86. The molecule has 0 bridgehead atoms. The Morgan fingerprint density at radius 2 is 2.09 bits per heavy atom. The molecule has 8 nitrogen and oxygen atoms in total. The highest BCUT2D eigenvalue weighted by molar-refractivity contribution is 6.03. The number of aromatic nitrogens is 6. The van der Waals surface area contributed by atoms with E-state index in [1.54, 1.807) is 52.3 Å². The minimum absolute atomic E-state index is 0.267. The number of anilines is 1. The Balaban J connectivity index is 1.63. The standard InChI is InChI=1S/C15H11N7O/c23-15(11-2-1-5-16-8-11)19-12-9-22-13(18-12)3-4-14(20-22)21-7-6-17-10-21/h1-10H,(H,19,23). The van der Waals surface area contributed by atoms with E-state index >= 15 is 0 Å². The van der Waals surface area contributed by atoms with Gasteiger partial charge in [-0.3, -0.25) is 14.3 Å². The van der Waals surface area contributed by atoms with Crippen LogP contribution < -0.4 is 5.32 Å². The summed E-state index contributed by atoms with van der Waals surface area (Å²) in [5.41, 5.74) is 1.10. The van der Waals surface area contributed by atoms with Gasteiger partial charge in [0.05, 0.1) is 11.8 Å². The van der Waals surface area contributed by atoms with Gasteiger partial charge in [0.1, 0.15) is 6.33 Å². The minimum Gasteiger partial charge on any atom is -0.305 e. The summed E-state index contributed by atoms with van der Waals surface area (Å²) in [5.74, 6) is 0.864. The third kappa shape index (κ3) is 2.53. The zero-order valence-corrected chi connectivity index (χ0v) is 11.9. The molecule has 112 valence electrons. The number of nitrogens with zero attached hydrogens (tertiary/aromatic N) is 6. The van der Waals surface area contributed by atoms with Crippen molar-refractivity contribution in [2.45, 2.75) is 0 Å². The summed E-state index contributed by atoms with van der Waals surface area (Å²) in [7, 11) is 0. The molecule has 1 amide bonds. The number of hydrogen-bond acceptors (Lipinski definition) is 5. The highest BCUT2D eigenvalue weighted by Gasteiger charge is 2.09. The van der Waals surface area contributed by atoms with E-state index in [-0.39, 0.29) is 5.91 Å². The predicted molar refractivity (Wildman–Crippen MR) is 82.3 cm³/mol. The number of hydrogen-bond donors (Lipinski definition) is 1. The topological polar surface area (TPSA) is 90.0 Å². The number of rotatable bonds is 3. The summed E-state index contributed by atoms with van der Waals surface area (Å²) in [6.07, 6.45) is 9.92. The molecule has 0 fully saturated rings. The van der Waals surface area contributed by atoms with Crippen LogP contribution in [0.3, 0.4) is 0 Å². The van der Waals surface area contributed by atoms with Crippen LogP contribution in [0.15, 0.2) is 61.6 Å². The molecule has 0 aromatic carbocycles. The molecule has 1 N–H and O–H groups in total. The molecule has 4 heterocycles. The van der Waals surface area contributed by atoms with Crippen LogP contribution >= 0.6 is 0 Å². The van der Waals surface area contributed by atoms with Crippen molar-refractivity contribution in [3.63, 3.8) is 0 Å². The van der Waals surface area contributed by atoms with Crippen molar-refractivity contribution in [3.8, 4) is 5.82 Å². The van der Waals surface area contributed by atoms with Gasteiger partial charge < -0.3 is 5.32 Å². The third-order valence-electron chi connectivity index (χ3n) is 3.24. The molecular weight excluding hydrogens is 294 g/mol. The molecule has 23 heavy (non-hydrogen) atoms. The average molecular weight is 305 g/mol. The second-order valence-corrected chi connectivity index (χ2v) is 4.79. The normalized spacial score (nSPS) is 10.8. The predicted octanol–water partition coefficient (Wildman–Crippen LogP) is 1.56. The largest absolute Gasteiger partial charge is 0.305 e. The van der Waals surface area contributed by atoms with Crippen LogP contribution in [0, 0.1) is 0 Å². The first-order chi connectivity index (χ1) is 11.3. The van der Waals surface area contributed by atoms with Crippen molar-refractivity contribution in [3.05, 3.63) is 67.1 Å². The molecular formula is C15H11N7O. The molecule has 0 aliphatic carbocycles. The molecule has 0 saturated heterocycles. The molecule has 4 aromatic rings. The van der Waals surface area contributed by atoms with Crippen LogP contribution in [0.4, 0.5) is 5.82 Å². The van der Waals surface area contributed by atoms with Gasteiger partial charge in [0.2, 0.25) is 0 Å². The number of nitrogens with one attached hydrogen (secondary N) is 1. The molecule has 0 spiro atoms. The van der Waals surface area contributed by atoms with Crippen molar-refractivity contribution in [1.82, 2.24) is 29.1 Å². The highest BCUT2D eigenvalue weighted by atomic mass is 16.1. The van der Waals surface area contributed by atoms with Gasteiger partial charge in [-0.1, -0.05) is 0 Å². The summed E-state index contributed by atoms with van der Waals surface area (Å²) in [6, 6.07) is 7.05. The third-order valence-corrected chi connectivity index (χ3v) is 3.24. The molecule has 4 rings (SSSR count). The highest BCUT2D eigenvalue weighted by Crippen LogP contribution is 2.12. The maximum atomic E-state index is 12.1. The van der Waals surface area contributed by atoms with E-state index in [1.807, 2.05) is 12.1 Å². The Morgan fingerprint density at radius 3 is 2.87 bits per heavy atom. The summed E-state index contributed by atoms with van der Waals surface area (Å²) >= 11 is 0. The lowest BCUT2D eigenvalue weighted by molar-refractivity contribution is 0.102. The van der Waals surface area contributed by atoms with Crippen LogP contribution in [-0.2, 0) is 0 Å². The zero-order chi connectivity index (χ0) is 15.6. The molecule has 0 aliphatic heterocycles. The first-order valence-corrected chi connectivity index (χ1v) is 6.86. The lowest BCUT2D eigenvalue weighted by atomic mass is 10.3. The van der Waals surface area contributed by atoms with Crippen LogP contribution in [0.5, 0.6) is 0 Å². The Hall–Kier alpha value is -3.55. The fourth-order valence-corrected chi connectivity index (χ4v) is 2.15. The molecule has 0 aliphatic rings. The summed E-state index contributed by atoms with van der Waals surface area (Å²) < 4.78 is 3.39. The Labute approximate surface area is 130 Å². The van der Waals surface area contributed by atoms with E-state index in [1.165, 1.54) is 6.20 Å². The second-order valence-electron chi connectivity index (χ2n) is 4.79. The number of fused-ring (bicyclic) bond motifs is 1. The van der Waals surface area contributed by atoms with Gasteiger partial charge in [0.15, 0.2) is 17.3 Å². The maximum absolute atomic E-state index is 12.1. The van der Waals surface area contributed by atoms with Crippen molar-refractivity contribution in [2.24, 2.45) is 0 Å². The number of imidazole rings is 2. The monoisotopic (exact) mass is 305 g/mol. The minimum atomic E-state index is -0.267. The van der Waals surface area contributed by atoms with Gasteiger partial charge in [-0.05, 0) is 24.3 Å². The Kier molecular flexibility index (Phi) is 3.05. The van der Waals surface area contributed by atoms with E-state index < -0.39 is 0 Å². The van der Waals surface area contributed by atoms with Crippen LogP contribution in [-0.4, -0.2) is 35.0 Å². The van der Waals surface area contributed by atoms with Crippen molar-refractivity contribution >= 4 is 17.4 Å². The van der Waals surface area contributed by atoms with Crippen molar-refractivity contribution < 1.29 is 4.79 Å². The van der Waals surface area contributed by atoms with Crippen LogP contribution in [0.1, 0.15) is 10.4 Å². The lowest BCUT2D eigenvalue weighted by Gasteiger charge is -2.00. The lowest BCUT2D eigenvalue weighted by Crippen LogP contribution is -2.12. The van der Waals surface area contributed by atoms with Gasteiger partial charge >= 0.3 is 0 Å². The molecule has 0 atom stereocenters. The zero-order valence-electron chi connectivity index (χ0n) is 11.9. The number of carbonyl (C=O) groups is 1.